The van der Waals surface area contributed by atoms with Crippen LogP contribution in [0.4, 0.5) is 9.59 Å². The predicted molar refractivity (Wildman–Crippen MR) is 206 cm³/mol. The number of ether oxygens (including phenoxy) is 2. The van der Waals surface area contributed by atoms with Crippen LogP contribution in [0, 0.1) is 5.41 Å². The van der Waals surface area contributed by atoms with Crippen LogP contribution in [0.25, 0.3) is 6.08 Å². The van der Waals surface area contributed by atoms with Crippen LogP contribution in [0.3, 0.4) is 0 Å². The van der Waals surface area contributed by atoms with Gasteiger partial charge >= 0.3 is 12.2 Å². The Bertz CT molecular complexity index is 1910. The van der Waals surface area contributed by atoms with Gasteiger partial charge in [-0.25, -0.2) is 18.0 Å². The zero-order valence-electron chi connectivity index (χ0n) is 32.4. The van der Waals surface area contributed by atoms with E-state index in [4.69, 9.17) is 9.47 Å². The van der Waals surface area contributed by atoms with Crippen molar-refractivity contribution in [3.05, 3.63) is 66.3 Å². The first-order chi connectivity index (χ1) is 26.4. The molecule has 1 aromatic rings. The monoisotopic (exact) mass is 796 g/mol. The van der Waals surface area contributed by atoms with E-state index in [1.54, 1.807) is 0 Å². The number of rotatable bonds is 10. The van der Waals surface area contributed by atoms with Crippen LogP contribution in [0.5, 0.6) is 0 Å². The number of sulfonamides is 1. The molecule has 4 aliphatic rings. The van der Waals surface area contributed by atoms with Gasteiger partial charge in [-0.15, -0.1) is 6.58 Å². The molecule has 3 N–H and O–H groups in total. The highest BCUT2D eigenvalue weighted by atomic mass is 32.2. The minimum absolute atomic E-state index is 0.0118. The molecule has 3 heterocycles. The highest BCUT2D eigenvalue weighted by Crippen LogP contribution is 2.31. The Labute approximate surface area is 327 Å². The summed E-state index contributed by atoms with van der Waals surface area (Å²) >= 11 is 0. The van der Waals surface area contributed by atoms with Crippen molar-refractivity contribution >= 4 is 51.9 Å². The molecule has 56 heavy (non-hydrogen) atoms. The fraction of sp³-hybridized carbons (Fsp3) is 0.538. The Hall–Kier alpha value is -5.19. The van der Waals surface area contributed by atoms with E-state index >= 15 is 0 Å². The molecule has 1 aliphatic carbocycles. The van der Waals surface area contributed by atoms with Gasteiger partial charge in [0.2, 0.25) is 27.7 Å². The molecule has 0 radical (unpaired) electrons. The summed E-state index contributed by atoms with van der Waals surface area (Å²) in [5, 5.41) is 4.48. The van der Waals surface area contributed by atoms with Gasteiger partial charge in [0.25, 0.3) is 5.91 Å². The molecule has 1 aromatic carbocycles. The van der Waals surface area contributed by atoms with E-state index in [9.17, 15) is 37.2 Å². The lowest BCUT2D eigenvalue weighted by atomic mass is 9.88. The Morgan fingerprint density at radius 1 is 1.14 bits per heavy atom. The minimum atomic E-state index is -3.98. The number of carbonyl (C=O) groups excluding carboxylic acids is 6. The third kappa shape index (κ3) is 9.97. The lowest BCUT2D eigenvalue weighted by Gasteiger charge is -2.33. The number of allylic oxidation sites excluding steroid dienone is 1. The number of fused-ring (bicyclic) bond motifs is 3. The lowest BCUT2D eigenvalue weighted by molar-refractivity contribution is -0.142. The van der Waals surface area contributed by atoms with Crippen LogP contribution >= 0.6 is 0 Å². The second-order valence-corrected chi connectivity index (χ2v) is 17.8. The van der Waals surface area contributed by atoms with E-state index < -0.39 is 80.2 Å². The second-order valence-electron chi connectivity index (χ2n) is 15.9. The predicted octanol–water partition coefficient (Wildman–Crippen LogP) is 2.74. The summed E-state index contributed by atoms with van der Waals surface area (Å²) in [5.74, 6) is -3.17. The van der Waals surface area contributed by atoms with E-state index in [0.717, 1.165) is 27.7 Å². The van der Waals surface area contributed by atoms with Gasteiger partial charge in [0.05, 0.1) is 31.5 Å². The molecule has 6 amide bonds. The lowest BCUT2D eigenvalue weighted by Crippen LogP contribution is -2.62. The van der Waals surface area contributed by atoms with E-state index in [-0.39, 0.29) is 45.6 Å². The van der Waals surface area contributed by atoms with Gasteiger partial charge in [-0.3, -0.25) is 28.8 Å². The van der Waals surface area contributed by atoms with E-state index in [1.807, 2.05) is 44.2 Å². The first-order valence-corrected chi connectivity index (χ1v) is 20.2. The van der Waals surface area contributed by atoms with Crippen LogP contribution < -0.4 is 15.4 Å². The summed E-state index contributed by atoms with van der Waals surface area (Å²) in [6.07, 6.45) is 5.60. The molecule has 2 fully saturated rings. The molecule has 4 bridgehead atoms. The summed E-state index contributed by atoms with van der Waals surface area (Å²) in [5.41, 5.74) is 0.617. The summed E-state index contributed by atoms with van der Waals surface area (Å²) in [4.78, 5) is 85.5. The number of hydrogen-bond acceptors (Lipinski definition) is 10. The van der Waals surface area contributed by atoms with Crippen LogP contribution in [0.15, 0.2) is 49.6 Å². The summed E-state index contributed by atoms with van der Waals surface area (Å²) in [7, 11) is -2.58. The maximum Gasteiger partial charge on any atom is 0.410 e. The average molecular weight is 797 g/mol. The number of benzene rings is 1. The zero-order chi connectivity index (χ0) is 41.0. The van der Waals surface area contributed by atoms with Gasteiger partial charge in [-0.05, 0) is 67.2 Å². The molecule has 304 valence electrons. The molecule has 0 spiro atoms. The third-order valence-electron chi connectivity index (χ3n) is 10.5. The van der Waals surface area contributed by atoms with Crippen molar-refractivity contribution in [2.24, 2.45) is 5.41 Å². The number of likely N-dealkylation sites (N-methyl/N-ethyl adjacent to an activating group) is 1. The maximum absolute atomic E-state index is 14.5. The number of alkyl carbamates (subject to hydrolysis) is 1. The average Bonchev–Trinajstić information content (AvgIpc) is 3.79. The van der Waals surface area contributed by atoms with Gasteiger partial charge in [0, 0.05) is 20.0 Å². The summed E-state index contributed by atoms with van der Waals surface area (Å²) < 4.78 is 39.0. The Kier molecular flexibility index (Phi) is 12.7. The molecule has 16 nitrogen and oxygen atoms in total. The standard InChI is InChI=1S/C39H52N6O10S/c1-7-17-39(5,35(49)42-56(52,53)28-15-16-28)41-33(47)31-19-27-21-45(31)34(48)30(23-43(6)32(46)8-2)40-36(50)54-24-38(3,4)18-10-9-12-25-13-11-14-26-20-44(22-29(25)26)37(51)55-27/h7-9,11-14,27-28,30-31H,1-2,10,15-24H2,3-6H3,(H,40,50)(H,41,47)(H,42,49)/b12-9+/t27-,30+,31+,39+/m1/s1. The number of hydrogen-bond donors (Lipinski definition) is 3. The number of amides is 6. The van der Waals surface area contributed by atoms with Gasteiger partial charge < -0.3 is 29.9 Å². The first-order valence-electron chi connectivity index (χ1n) is 18.7. The third-order valence-corrected chi connectivity index (χ3v) is 12.3. The number of cyclic esters (lactones) is 1. The molecule has 1 saturated carbocycles. The highest BCUT2D eigenvalue weighted by Gasteiger charge is 2.48. The van der Waals surface area contributed by atoms with Gasteiger partial charge in [0.15, 0.2) is 0 Å². The Morgan fingerprint density at radius 2 is 1.88 bits per heavy atom. The van der Waals surface area contributed by atoms with Crippen molar-refractivity contribution in [3.63, 3.8) is 0 Å². The number of nitrogens with zero attached hydrogens (tertiary/aromatic N) is 3. The molecule has 3 aliphatic heterocycles. The van der Waals surface area contributed by atoms with Crippen molar-refractivity contribution in [2.45, 2.75) is 101 Å². The van der Waals surface area contributed by atoms with Crippen molar-refractivity contribution in [1.82, 2.24) is 30.1 Å². The van der Waals surface area contributed by atoms with Crippen molar-refractivity contribution < 1.29 is 46.7 Å². The molecular weight excluding hydrogens is 745 g/mol. The zero-order valence-corrected chi connectivity index (χ0v) is 33.2. The fourth-order valence-corrected chi connectivity index (χ4v) is 8.39. The van der Waals surface area contributed by atoms with Gasteiger partial charge in [0.1, 0.15) is 23.7 Å². The molecule has 5 rings (SSSR count). The molecule has 1 saturated heterocycles. The minimum Gasteiger partial charge on any atom is -0.449 e. The molecule has 17 heteroatoms. The fourth-order valence-electron chi connectivity index (χ4n) is 6.98. The largest absolute Gasteiger partial charge is 0.449 e. The topological polar surface area (TPSA) is 201 Å². The SMILES string of the molecule is C=CC[C@](C)(NC(=O)[C@@H]1C[C@@H]2CN1C(=O)[C@H](CN(C)C(=O)C=C)NC(=O)OCC(C)(C)CC/C=C/c1cccc3c1CN(C3)C(=O)O2)C(=O)NS(=O)(=O)C1CC1. The Morgan fingerprint density at radius 3 is 2.55 bits per heavy atom. The Balaban J connectivity index is 1.47. The number of carbonyl (C=O) groups is 6. The van der Waals surface area contributed by atoms with E-state index in [2.05, 4.69) is 28.5 Å². The van der Waals surface area contributed by atoms with E-state index in [0.29, 0.717) is 25.7 Å². The quantitative estimate of drug-likeness (QED) is 0.234. The normalized spacial score (nSPS) is 24.4. The molecular formula is C39H52N6O10S. The van der Waals surface area contributed by atoms with Crippen molar-refractivity contribution in [3.8, 4) is 0 Å². The second kappa shape index (κ2) is 16.9. The maximum atomic E-state index is 14.5. The highest BCUT2D eigenvalue weighted by molar-refractivity contribution is 7.91. The summed E-state index contributed by atoms with van der Waals surface area (Å²) in [6.45, 7) is 12.3. The summed E-state index contributed by atoms with van der Waals surface area (Å²) in [6, 6.07) is 3.03. The van der Waals surface area contributed by atoms with Crippen LogP contribution in [-0.4, -0.2) is 115 Å². The van der Waals surface area contributed by atoms with E-state index in [1.165, 1.54) is 29.8 Å². The van der Waals surface area contributed by atoms with Gasteiger partial charge in [-0.2, -0.15) is 0 Å². The first kappa shape index (κ1) is 42.0. The number of nitrogens with one attached hydrogen (secondary N) is 3. The van der Waals surface area contributed by atoms with Crippen molar-refractivity contribution in [2.75, 3.05) is 26.7 Å². The van der Waals surface area contributed by atoms with Crippen LogP contribution in [0.1, 0.15) is 76.0 Å². The van der Waals surface area contributed by atoms with Gasteiger partial charge in [-0.1, -0.05) is 56.9 Å². The van der Waals surface area contributed by atoms with Crippen LogP contribution in [0.2, 0.25) is 0 Å². The molecule has 4 atom stereocenters. The molecule has 0 unspecified atom stereocenters. The van der Waals surface area contributed by atoms with Crippen LogP contribution in [-0.2, 0) is 51.8 Å². The smallest absolute Gasteiger partial charge is 0.410 e. The van der Waals surface area contributed by atoms with Crippen molar-refractivity contribution in [1.29, 1.82) is 0 Å². The molecule has 0 aromatic heterocycles.